The second-order valence-corrected chi connectivity index (χ2v) is 7.06. The van der Waals surface area contributed by atoms with Gasteiger partial charge in [-0.15, -0.1) is 11.3 Å². The van der Waals surface area contributed by atoms with E-state index in [-0.39, 0.29) is 28.6 Å². The second-order valence-electron chi connectivity index (χ2n) is 6.04. The summed E-state index contributed by atoms with van der Waals surface area (Å²) in [6.45, 7) is 9.21. The van der Waals surface area contributed by atoms with E-state index in [0.29, 0.717) is 36.7 Å². The fourth-order valence-electron chi connectivity index (χ4n) is 2.45. The van der Waals surface area contributed by atoms with Gasteiger partial charge in [0.2, 0.25) is 0 Å². The summed E-state index contributed by atoms with van der Waals surface area (Å²) < 4.78 is 10.5. The van der Waals surface area contributed by atoms with Gasteiger partial charge in [-0.05, 0) is 19.8 Å². The number of ether oxygens (including phenoxy) is 2. The summed E-state index contributed by atoms with van der Waals surface area (Å²) in [5.41, 5.74) is 0.484. The Bertz CT molecular complexity index is 588. The third-order valence-corrected chi connectivity index (χ3v) is 4.68. The molecule has 0 spiro atoms. The standard InChI is InChI=1S/C16H23NO5S/c1-9(2)11-12(18)14(15(19)17-5-7-21-8-6-17)23-13(11)16(20)22-10(3)4/h9-10,18H,5-8H2,1-4H3. The van der Waals surface area contributed by atoms with Crippen molar-refractivity contribution in [3.63, 3.8) is 0 Å². The maximum Gasteiger partial charge on any atom is 0.349 e. The molecule has 2 rings (SSSR count). The van der Waals surface area contributed by atoms with Crippen LogP contribution in [0.3, 0.4) is 0 Å². The van der Waals surface area contributed by atoms with Crippen LogP contribution in [0.15, 0.2) is 0 Å². The number of rotatable bonds is 4. The summed E-state index contributed by atoms with van der Waals surface area (Å²) in [5, 5.41) is 10.5. The molecular weight excluding hydrogens is 318 g/mol. The molecule has 1 aromatic rings. The summed E-state index contributed by atoms with van der Waals surface area (Å²) in [6.07, 6.45) is -0.259. The molecule has 0 unspecified atom stereocenters. The van der Waals surface area contributed by atoms with E-state index < -0.39 is 5.97 Å². The summed E-state index contributed by atoms with van der Waals surface area (Å²) in [7, 11) is 0. The number of hydrogen-bond donors (Lipinski definition) is 1. The van der Waals surface area contributed by atoms with Crippen molar-refractivity contribution in [2.75, 3.05) is 26.3 Å². The van der Waals surface area contributed by atoms with Gasteiger partial charge in [-0.3, -0.25) is 4.79 Å². The number of carbonyl (C=O) groups is 2. The minimum absolute atomic E-state index is 0.0906. The smallest absolute Gasteiger partial charge is 0.349 e. The zero-order valence-electron chi connectivity index (χ0n) is 13.9. The van der Waals surface area contributed by atoms with E-state index in [2.05, 4.69) is 0 Å². The SMILES string of the molecule is CC(C)OC(=O)c1sc(C(=O)N2CCOCC2)c(O)c1C(C)C. The van der Waals surface area contributed by atoms with Crippen LogP contribution in [-0.2, 0) is 9.47 Å². The van der Waals surface area contributed by atoms with E-state index in [0.717, 1.165) is 11.3 Å². The maximum absolute atomic E-state index is 12.6. The van der Waals surface area contributed by atoms with E-state index in [1.54, 1.807) is 18.7 Å². The van der Waals surface area contributed by atoms with Crippen LogP contribution in [-0.4, -0.2) is 54.3 Å². The third-order valence-electron chi connectivity index (χ3n) is 3.52. The van der Waals surface area contributed by atoms with E-state index >= 15 is 0 Å². The Hall–Kier alpha value is -1.60. The molecule has 1 aliphatic rings. The average molecular weight is 341 g/mol. The first-order valence-electron chi connectivity index (χ1n) is 7.76. The Balaban J connectivity index is 2.37. The molecule has 1 fully saturated rings. The highest BCUT2D eigenvalue weighted by molar-refractivity contribution is 7.16. The zero-order valence-corrected chi connectivity index (χ0v) is 14.7. The number of carbonyl (C=O) groups excluding carboxylic acids is 2. The number of nitrogens with zero attached hydrogens (tertiary/aromatic N) is 1. The summed E-state index contributed by atoms with van der Waals surface area (Å²) >= 11 is 1.01. The molecule has 1 aromatic heterocycles. The van der Waals surface area contributed by atoms with E-state index in [4.69, 9.17) is 9.47 Å². The van der Waals surface area contributed by atoms with Crippen LogP contribution < -0.4 is 0 Å². The van der Waals surface area contributed by atoms with Crippen LogP contribution in [0, 0.1) is 0 Å². The highest BCUT2D eigenvalue weighted by Crippen LogP contribution is 2.40. The molecule has 0 saturated carbocycles. The normalized spacial score (nSPS) is 15.3. The summed E-state index contributed by atoms with van der Waals surface area (Å²) in [6, 6.07) is 0. The van der Waals surface area contributed by atoms with E-state index in [9.17, 15) is 14.7 Å². The molecule has 23 heavy (non-hydrogen) atoms. The van der Waals surface area contributed by atoms with Crippen molar-refractivity contribution in [1.29, 1.82) is 0 Å². The topological polar surface area (TPSA) is 76.1 Å². The number of thiophene rings is 1. The number of amides is 1. The Morgan fingerprint density at radius 1 is 1.17 bits per heavy atom. The first kappa shape index (κ1) is 17.7. The Labute approximate surface area is 140 Å². The van der Waals surface area contributed by atoms with Gasteiger partial charge in [0.15, 0.2) is 0 Å². The van der Waals surface area contributed by atoms with Gasteiger partial charge in [-0.2, -0.15) is 0 Å². The molecule has 0 aliphatic carbocycles. The van der Waals surface area contributed by atoms with Gasteiger partial charge in [0.05, 0.1) is 19.3 Å². The van der Waals surface area contributed by atoms with Crippen LogP contribution in [0.4, 0.5) is 0 Å². The molecule has 0 radical (unpaired) electrons. The highest BCUT2D eigenvalue weighted by atomic mass is 32.1. The lowest BCUT2D eigenvalue weighted by Crippen LogP contribution is -2.40. The highest BCUT2D eigenvalue weighted by Gasteiger charge is 2.31. The summed E-state index contributed by atoms with van der Waals surface area (Å²) in [4.78, 5) is 27.0. The minimum atomic E-state index is -0.495. The van der Waals surface area contributed by atoms with Crippen molar-refractivity contribution < 1.29 is 24.2 Å². The molecule has 0 aromatic carbocycles. The van der Waals surface area contributed by atoms with E-state index in [1.807, 2.05) is 13.8 Å². The van der Waals surface area contributed by atoms with Crippen LogP contribution in [0.2, 0.25) is 0 Å². The number of esters is 1. The molecule has 0 atom stereocenters. The van der Waals surface area contributed by atoms with Gasteiger partial charge in [0.1, 0.15) is 15.5 Å². The molecule has 1 saturated heterocycles. The molecule has 128 valence electrons. The summed E-state index contributed by atoms with van der Waals surface area (Å²) in [5.74, 6) is -0.948. The fourth-order valence-corrected chi connectivity index (χ4v) is 3.65. The third kappa shape index (κ3) is 3.84. The van der Waals surface area contributed by atoms with Crippen molar-refractivity contribution in [1.82, 2.24) is 4.90 Å². The Kier molecular flexibility index (Phi) is 5.64. The monoisotopic (exact) mass is 341 g/mol. The average Bonchev–Trinajstić information content (AvgIpc) is 2.84. The quantitative estimate of drug-likeness (QED) is 0.852. The largest absolute Gasteiger partial charge is 0.506 e. The van der Waals surface area contributed by atoms with Crippen molar-refractivity contribution in [2.24, 2.45) is 0 Å². The fraction of sp³-hybridized carbons (Fsp3) is 0.625. The predicted octanol–water partition coefficient (Wildman–Crippen LogP) is 2.61. The van der Waals surface area contributed by atoms with Crippen LogP contribution in [0.25, 0.3) is 0 Å². The van der Waals surface area contributed by atoms with Gasteiger partial charge in [-0.1, -0.05) is 13.8 Å². The molecule has 1 amide bonds. The zero-order chi connectivity index (χ0) is 17.1. The second kappa shape index (κ2) is 7.31. The molecular formula is C16H23NO5S. The lowest BCUT2D eigenvalue weighted by atomic mass is 10.0. The number of aromatic hydroxyl groups is 1. The van der Waals surface area contributed by atoms with Crippen LogP contribution in [0.5, 0.6) is 5.75 Å². The maximum atomic E-state index is 12.6. The first-order chi connectivity index (χ1) is 10.8. The molecule has 7 heteroatoms. The van der Waals surface area contributed by atoms with Crippen LogP contribution >= 0.6 is 11.3 Å². The molecule has 0 bridgehead atoms. The predicted molar refractivity (Wildman–Crippen MR) is 87.3 cm³/mol. The van der Waals surface area contributed by atoms with Gasteiger partial charge in [0, 0.05) is 18.7 Å². The Morgan fingerprint density at radius 3 is 2.30 bits per heavy atom. The van der Waals surface area contributed by atoms with E-state index in [1.165, 1.54) is 0 Å². The molecule has 1 N–H and O–H groups in total. The van der Waals surface area contributed by atoms with Crippen molar-refractivity contribution in [3.8, 4) is 5.75 Å². The molecule has 6 nitrogen and oxygen atoms in total. The van der Waals surface area contributed by atoms with Gasteiger partial charge in [-0.25, -0.2) is 4.79 Å². The molecule has 2 heterocycles. The van der Waals surface area contributed by atoms with Crippen LogP contribution in [0.1, 0.15) is 58.5 Å². The Morgan fingerprint density at radius 2 is 1.78 bits per heavy atom. The van der Waals surface area contributed by atoms with Gasteiger partial charge >= 0.3 is 5.97 Å². The lowest BCUT2D eigenvalue weighted by Gasteiger charge is -2.26. The first-order valence-corrected chi connectivity index (χ1v) is 8.58. The van der Waals surface area contributed by atoms with Crippen molar-refractivity contribution in [3.05, 3.63) is 15.3 Å². The number of morpholine rings is 1. The lowest BCUT2D eigenvalue weighted by molar-refractivity contribution is 0.0304. The molecule has 1 aliphatic heterocycles. The number of hydrogen-bond acceptors (Lipinski definition) is 6. The minimum Gasteiger partial charge on any atom is -0.506 e. The van der Waals surface area contributed by atoms with Crippen molar-refractivity contribution in [2.45, 2.75) is 39.7 Å². The van der Waals surface area contributed by atoms with Gasteiger partial charge in [0.25, 0.3) is 5.91 Å². The van der Waals surface area contributed by atoms with Gasteiger partial charge < -0.3 is 19.5 Å². The van der Waals surface area contributed by atoms with Crippen molar-refractivity contribution >= 4 is 23.2 Å².